The zero-order valence-electron chi connectivity index (χ0n) is 10.3. The summed E-state index contributed by atoms with van der Waals surface area (Å²) in [7, 11) is 0. The van der Waals surface area contributed by atoms with Crippen LogP contribution in [-0.2, 0) is 0 Å². The quantitative estimate of drug-likeness (QED) is 0.725. The number of nitrogens with zero attached hydrogens (tertiary/aromatic N) is 4. The molecule has 0 spiro atoms. The second-order valence-electron chi connectivity index (χ2n) is 4.11. The van der Waals surface area contributed by atoms with E-state index < -0.39 is 0 Å². The summed E-state index contributed by atoms with van der Waals surface area (Å²) in [6.45, 7) is 1.90. The fourth-order valence-electron chi connectivity index (χ4n) is 1.83. The van der Waals surface area contributed by atoms with Crippen molar-refractivity contribution in [1.29, 1.82) is 0 Å². The second-order valence-corrected chi connectivity index (χ2v) is 4.11. The van der Waals surface area contributed by atoms with E-state index in [-0.39, 0.29) is 0 Å². The van der Waals surface area contributed by atoms with Crippen LogP contribution < -0.4 is 5.73 Å². The highest BCUT2D eigenvalue weighted by Gasteiger charge is 2.13. The van der Waals surface area contributed by atoms with Gasteiger partial charge in [-0.25, -0.2) is 15.0 Å². The zero-order chi connectivity index (χ0) is 13.2. The zero-order valence-corrected chi connectivity index (χ0v) is 10.3. The normalized spacial score (nSPS) is 10.6. The molecule has 0 bridgehead atoms. The van der Waals surface area contributed by atoms with Crippen LogP contribution in [0.3, 0.4) is 0 Å². The van der Waals surface area contributed by atoms with E-state index in [2.05, 4.69) is 25.1 Å². The van der Waals surface area contributed by atoms with Crippen molar-refractivity contribution in [1.82, 2.24) is 25.1 Å². The molecule has 0 unspecified atom stereocenters. The van der Waals surface area contributed by atoms with Crippen LogP contribution in [0, 0.1) is 6.92 Å². The number of hydrogen-bond donors (Lipinski definition) is 2. The molecule has 0 amide bonds. The van der Waals surface area contributed by atoms with Gasteiger partial charge in [0.05, 0.1) is 5.69 Å². The molecule has 0 aliphatic heterocycles. The van der Waals surface area contributed by atoms with Crippen molar-refractivity contribution < 1.29 is 0 Å². The third-order valence-corrected chi connectivity index (χ3v) is 2.86. The first kappa shape index (κ1) is 11.3. The Morgan fingerprint density at radius 1 is 1.11 bits per heavy atom. The average molecular weight is 252 g/mol. The van der Waals surface area contributed by atoms with E-state index in [0.717, 1.165) is 16.8 Å². The maximum atomic E-state index is 5.95. The smallest absolute Gasteiger partial charge is 0.199 e. The number of nitrogen functional groups attached to an aromatic ring is 1. The minimum Gasteiger partial charge on any atom is -0.383 e. The van der Waals surface area contributed by atoms with Crippen molar-refractivity contribution in [3.8, 4) is 22.9 Å². The average Bonchev–Trinajstić information content (AvgIpc) is 2.97. The summed E-state index contributed by atoms with van der Waals surface area (Å²) >= 11 is 0. The number of anilines is 1. The second kappa shape index (κ2) is 4.49. The third kappa shape index (κ3) is 2.03. The number of hydrogen-bond acceptors (Lipinski definition) is 5. The maximum Gasteiger partial charge on any atom is 0.199 e. The highest BCUT2D eigenvalue weighted by molar-refractivity contribution is 5.69. The molecule has 6 nitrogen and oxygen atoms in total. The number of rotatable bonds is 2. The monoisotopic (exact) mass is 252 g/mol. The molecule has 6 heteroatoms. The molecule has 3 rings (SSSR count). The van der Waals surface area contributed by atoms with Crippen LogP contribution in [0.1, 0.15) is 5.56 Å². The lowest BCUT2D eigenvalue weighted by molar-refractivity contribution is 1.06. The molecule has 94 valence electrons. The first-order valence-electron chi connectivity index (χ1n) is 5.81. The lowest BCUT2D eigenvalue weighted by atomic mass is 10.1. The fraction of sp³-hybridized carbons (Fsp3) is 0.0769. The number of aromatic amines is 1. The Morgan fingerprint density at radius 2 is 1.89 bits per heavy atom. The van der Waals surface area contributed by atoms with Gasteiger partial charge in [0.2, 0.25) is 0 Å². The summed E-state index contributed by atoms with van der Waals surface area (Å²) in [6, 6.07) is 9.85. The van der Waals surface area contributed by atoms with E-state index in [1.54, 1.807) is 0 Å². The first-order valence-corrected chi connectivity index (χ1v) is 5.81. The van der Waals surface area contributed by atoms with Crippen LogP contribution in [0.15, 0.2) is 36.7 Å². The van der Waals surface area contributed by atoms with Crippen LogP contribution in [-0.4, -0.2) is 25.1 Å². The molecule has 0 fully saturated rings. The highest BCUT2D eigenvalue weighted by atomic mass is 15.2. The minimum atomic E-state index is 0.444. The Morgan fingerprint density at radius 3 is 2.58 bits per heavy atom. The molecule has 0 saturated heterocycles. The van der Waals surface area contributed by atoms with E-state index in [4.69, 9.17) is 5.73 Å². The van der Waals surface area contributed by atoms with Crippen LogP contribution in [0.4, 0.5) is 5.82 Å². The van der Waals surface area contributed by atoms with Crippen molar-refractivity contribution >= 4 is 5.82 Å². The van der Waals surface area contributed by atoms with Gasteiger partial charge in [-0.1, -0.05) is 30.3 Å². The number of benzene rings is 1. The molecule has 1 aromatic carbocycles. The molecule has 0 aliphatic rings. The largest absolute Gasteiger partial charge is 0.383 e. The molecular weight excluding hydrogens is 240 g/mol. The van der Waals surface area contributed by atoms with E-state index in [0.29, 0.717) is 17.5 Å². The Hall–Kier alpha value is -2.76. The van der Waals surface area contributed by atoms with Crippen molar-refractivity contribution in [3.63, 3.8) is 0 Å². The van der Waals surface area contributed by atoms with Crippen molar-refractivity contribution in [3.05, 3.63) is 42.2 Å². The Labute approximate surface area is 109 Å². The van der Waals surface area contributed by atoms with E-state index >= 15 is 0 Å². The highest BCUT2D eigenvalue weighted by Crippen LogP contribution is 2.26. The molecular formula is C13H12N6. The summed E-state index contributed by atoms with van der Waals surface area (Å²) < 4.78 is 0. The van der Waals surface area contributed by atoms with E-state index in [1.807, 2.05) is 37.3 Å². The summed E-state index contributed by atoms with van der Waals surface area (Å²) in [5.41, 5.74) is 8.61. The van der Waals surface area contributed by atoms with Crippen LogP contribution in [0.25, 0.3) is 22.9 Å². The van der Waals surface area contributed by atoms with Gasteiger partial charge < -0.3 is 5.73 Å². The lowest BCUT2D eigenvalue weighted by Gasteiger charge is -2.08. The number of aromatic nitrogens is 5. The molecule has 19 heavy (non-hydrogen) atoms. The number of nitrogens with two attached hydrogens (primary N) is 1. The van der Waals surface area contributed by atoms with E-state index in [9.17, 15) is 0 Å². The first-order chi connectivity index (χ1) is 9.25. The predicted molar refractivity (Wildman–Crippen MR) is 72.0 cm³/mol. The number of nitrogens with one attached hydrogen (secondary N) is 1. The van der Waals surface area contributed by atoms with Gasteiger partial charge in [-0.3, -0.25) is 5.10 Å². The van der Waals surface area contributed by atoms with Gasteiger partial charge in [-0.15, -0.1) is 0 Å². The van der Waals surface area contributed by atoms with Gasteiger partial charge in [-0.05, 0) is 6.92 Å². The topological polar surface area (TPSA) is 93.4 Å². The molecule has 2 heterocycles. The number of H-pyrrole nitrogens is 1. The van der Waals surface area contributed by atoms with Crippen molar-refractivity contribution in [2.45, 2.75) is 6.92 Å². The minimum absolute atomic E-state index is 0.444. The third-order valence-electron chi connectivity index (χ3n) is 2.86. The molecule has 3 N–H and O–H groups in total. The van der Waals surface area contributed by atoms with E-state index in [1.165, 1.54) is 6.33 Å². The van der Waals surface area contributed by atoms with Gasteiger partial charge >= 0.3 is 0 Å². The van der Waals surface area contributed by atoms with Gasteiger partial charge in [0.1, 0.15) is 12.1 Å². The predicted octanol–water partition coefficient (Wildman–Crippen LogP) is 1.82. The van der Waals surface area contributed by atoms with Crippen LogP contribution in [0.2, 0.25) is 0 Å². The van der Waals surface area contributed by atoms with Crippen LogP contribution in [0.5, 0.6) is 0 Å². The summed E-state index contributed by atoms with van der Waals surface area (Å²) in [5, 5.41) is 6.53. The molecule has 0 saturated carbocycles. The Bertz CT molecular complexity index is 691. The lowest BCUT2D eigenvalue weighted by Crippen LogP contribution is -2.03. The SMILES string of the molecule is Cc1c(N)nc(-c2ncn[nH]2)nc1-c1ccccc1. The standard InChI is InChI=1S/C13H12N6/c1-8-10(9-5-3-2-4-6-9)17-13(18-11(8)14)12-15-7-16-19-12/h2-7H,1H3,(H2,14,17,18)(H,15,16,19). The summed E-state index contributed by atoms with van der Waals surface area (Å²) in [6.07, 6.45) is 1.41. The molecule has 2 aromatic heterocycles. The van der Waals surface area contributed by atoms with Crippen LogP contribution >= 0.6 is 0 Å². The van der Waals surface area contributed by atoms with Gasteiger partial charge in [-0.2, -0.15) is 5.10 Å². The summed E-state index contributed by atoms with van der Waals surface area (Å²) in [4.78, 5) is 12.8. The van der Waals surface area contributed by atoms with Gasteiger partial charge in [0.25, 0.3) is 0 Å². The molecule has 3 aromatic rings. The molecule has 0 aliphatic carbocycles. The van der Waals surface area contributed by atoms with Crippen molar-refractivity contribution in [2.75, 3.05) is 5.73 Å². The maximum absolute atomic E-state index is 5.95. The molecule has 0 radical (unpaired) electrons. The van der Waals surface area contributed by atoms with Gasteiger partial charge in [0, 0.05) is 11.1 Å². The molecule has 0 atom stereocenters. The fourth-order valence-corrected chi connectivity index (χ4v) is 1.83. The van der Waals surface area contributed by atoms with Crippen molar-refractivity contribution in [2.24, 2.45) is 0 Å². The summed E-state index contributed by atoms with van der Waals surface area (Å²) in [5.74, 6) is 1.39. The Balaban J connectivity index is 2.20. The van der Waals surface area contributed by atoms with Gasteiger partial charge in [0.15, 0.2) is 11.6 Å². The Kier molecular flexibility index (Phi) is 2.68.